The Labute approximate surface area is 123 Å². The van der Waals surface area contributed by atoms with Gasteiger partial charge in [0.2, 0.25) is 5.91 Å². The molecule has 1 saturated heterocycles. The second-order valence-corrected chi connectivity index (χ2v) is 6.46. The normalized spacial score (nSPS) is 24.8. The summed E-state index contributed by atoms with van der Waals surface area (Å²) in [5.74, 6) is 0.442. The molecule has 20 heavy (non-hydrogen) atoms. The third-order valence-corrected chi connectivity index (χ3v) is 4.85. The van der Waals surface area contributed by atoms with E-state index in [2.05, 4.69) is 22.6 Å². The van der Waals surface area contributed by atoms with Gasteiger partial charge in [0.05, 0.1) is 5.92 Å². The van der Waals surface area contributed by atoms with E-state index in [9.17, 15) is 4.79 Å². The lowest BCUT2D eigenvalue weighted by atomic mass is 9.94. The molecule has 0 aromatic heterocycles. The van der Waals surface area contributed by atoms with Gasteiger partial charge in [-0.05, 0) is 52.2 Å². The van der Waals surface area contributed by atoms with E-state index in [0.29, 0.717) is 0 Å². The van der Waals surface area contributed by atoms with Gasteiger partial charge < -0.3 is 15.5 Å². The molecule has 0 aromatic carbocycles. The van der Waals surface area contributed by atoms with E-state index in [1.54, 1.807) is 0 Å². The Kier molecular flexibility index (Phi) is 6.80. The molecule has 1 heterocycles. The Bertz CT molecular complexity index is 283. The summed E-state index contributed by atoms with van der Waals surface area (Å²) < 4.78 is 0. The maximum atomic E-state index is 12.0. The summed E-state index contributed by atoms with van der Waals surface area (Å²) in [7, 11) is 2.24. The summed E-state index contributed by atoms with van der Waals surface area (Å²) in [6, 6.07) is 0.780. The Morgan fingerprint density at radius 2 is 2.00 bits per heavy atom. The van der Waals surface area contributed by atoms with Crippen molar-refractivity contribution in [2.75, 3.05) is 33.2 Å². The summed E-state index contributed by atoms with van der Waals surface area (Å²) in [6.45, 7) is 3.85. The fourth-order valence-electron chi connectivity index (χ4n) is 3.46. The van der Waals surface area contributed by atoms with Crippen LogP contribution < -0.4 is 10.6 Å². The van der Waals surface area contributed by atoms with Gasteiger partial charge in [0.25, 0.3) is 0 Å². The molecule has 4 heteroatoms. The molecular weight excluding hydrogens is 250 g/mol. The lowest BCUT2D eigenvalue weighted by Gasteiger charge is -2.31. The third-order valence-electron chi connectivity index (χ3n) is 4.85. The first-order valence-electron chi connectivity index (χ1n) is 8.46. The van der Waals surface area contributed by atoms with Crippen LogP contribution in [0.2, 0.25) is 0 Å². The quantitative estimate of drug-likeness (QED) is 0.729. The minimum absolute atomic E-state index is 0.194. The molecule has 116 valence electrons. The Hall–Kier alpha value is -0.610. The fraction of sp³-hybridized carbons (Fsp3) is 0.938. The molecule has 2 aliphatic rings. The molecule has 0 bridgehead atoms. The van der Waals surface area contributed by atoms with Crippen LogP contribution in [0.3, 0.4) is 0 Å². The number of hydrogen-bond donors (Lipinski definition) is 2. The zero-order valence-corrected chi connectivity index (χ0v) is 13.0. The van der Waals surface area contributed by atoms with Crippen molar-refractivity contribution in [2.24, 2.45) is 5.92 Å². The first-order valence-corrected chi connectivity index (χ1v) is 8.46. The zero-order valence-electron chi connectivity index (χ0n) is 13.0. The number of piperidine rings is 1. The van der Waals surface area contributed by atoms with Gasteiger partial charge in [-0.15, -0.1) is 0 Å². The second kappa shape index (κ2) is 8.63. The summed E-state index contributed by atoms with van der Waals surface area (Å²) >= 11 is 0. The zero-order chi connectivity index (χ0) is 14.2. The van der Waals surface area contributed by atoms with Gasteiger partial charge in [0.1, 0.15) is 0 Å². The molecule has 1 aliphatic carbocycles. The molecule has 0 aromatic rings. The van der Waals surface area contributed by atoms with Crippen LogP contribution in [0.25, 0.3) is 0 Å². The monoisotopic (exact) mass is 281 g/mol. The van der Waals surface area contributed by atoms with E-state index < -0.39 is 0 Å². The number of amides is 1. The van der Waals surface area contributed by atoms with Crippen molar-refractivity contribution in [3.05, 3.63) is 0 Å². The second-order valence-electron chi connectivity index (χ2n) is 6.46. The van der Waals surface area contributed by atoms with Crippen molar-refractivity contribution >= 4 is 5.91 Å². The highest BCUT2D eigenvalue weighted by Crippen LogP contribution is 2.21. The minimum Gasteiger partial charge on any atom is -0.356 e. The molecule has 1 unspecified atom stereocenters. The van der Waals surface area contributed by atoms with Crippen molar-refractivity contribution in [2.45, 2.75) is 57.4 Å². The molecule has 2 rings (SSSR count). The van der Waals surface area contributed by atoms with Gasteiger partial charge in [-0.1, -0.05) is 19.3 Å². The molecule has 0 radical (unpaired) electrons. The molecule has 1 saturated carbocycles. The Morgan fingerprint density at radius 1 is 1.20 bits per heavy atom. The van der Waals surface area contributed by atoms with Crippen LogP contribution in [0.1, 0.15) is 51.4 Å². The van der Waals surface area contributed by atoms with E-state index in [1.165, 1.54) is 32.1 Å². The number of nitrogens with one attached hydrogen (secondary N) is 2. The Balaban J connectivity index is 1.55. The van der Waals surface area contributed by atoms with E-state index in [1.807, 2.05) is 0 Å². The van der Waals surface area contributed by atoms with Crippen LogP contribution >= 0.6 is 0 Å². The molecule has 0 spiro atoms. The summed E-state index contributed by atoms with van der Waals surface area (Å²) in [4.78, 5) is 14.5. The predicted molar refractivity (Wildman–Crippen MR) is 82.7 cm³/mol. The van der Waals surface area contributed by atoms with Crippen molar-refractivity contribution in [1.82, 2.24) is 15.5 Å². The van der Waals surface area contributed by atoms with Gasteiger partial charge in [0.15, 0.2) is 0 Å². The van der Waals surface area contributed by atoms with Crippen molar-refractivity contribution in [1.29, 1.82) is 0 Å². The van der Waals surface area contributed by atoms with Crippen molar-refractivity contribution < 1.29 is 4.79 Å². The van der Waals surface area contributed by atoms with E-state index in [0.717, 1.165) is 51.5 Å². The van der Waals surface area contributed by atoms with E-state index >= 15 is 0 Å². The molecule has 1 amide bonds. The summed E-state index contributed by atoms with van der Waals surface area (Å²) in [6.07, 6.45) is 10.1. The smallest absolute Gasteiger partial charge is 0.224 e. The molecule has 2 fully saturated rings. The largest absolute Gasteiger partial charge is 0.356 e. The molecule has 1 aliphatic heterocycles. The number of rotatable bonds is 6. The number of carbonyl (C=O) groups is 1. The van der Waals surface area contributed by atoms with Crippen LogP contribution in [0.5, 0.6) is 0 Å². The van der Waals surface area contributed by atoms with E-state index in [4.69, 9.17) is 0 Å². The third kappa shape index (κ3) is 5.06. The minimum atomic E-state index is 0.194. The number of nitrogens with zero attached hydrogens (tertiary/aromatic N) is 1. The maximum Gasteiger partial charge on any atom is 0.224 e. The summed E-state index contributed by atoms with van der Waals surface area (Å²) in [5, 5.41) is 6.40. The van der Waals surface area contributed by atoms with Gasteiger partial charge in [0, 0.05) is 19.1 Å². The van der Waals surface area contributed by atoms with Crippen molar-refractivity contribution in [3.8, 4) is 0 Å². The first-order chi connectivity index (χ1) is 9.77. The molecule has 2 N–H and O–H groups in total. The van der Waals surface area contributed by atoms with Gasteiger partial charge in [-0.2, -0.15) is 0 Å². The topological polar surface area (TPSA) is 44.4 Å². The SMILES string of the molecule is CN(CCCNC(=O)C1CCCNC1)C1CCCCC1. The Morgan fingerprint density at radius 3 is 2.70 bits per heavy atom. The maximum absolute atomic E-state index is 12.0. The molecule has 1 atom stereocenters. The van der Waals surface area contributed by atoms with Crippen LogP contribution in [0.4, 0.5) is 0 Å². The van der Waals surface area contributed by atoms with Gasteiger partial charge in [-0.3, -0.25) is 4.79 Å². The number of hydrogen-bond acceptors (Lipinski definition) is 3. The highest BCUT2D eigenvalue weighted by Gasteiger charge is 2.20. The molecule has 4 nitrogen and oxygen atoms in total. The van der Waals surface area contributed by atoms with Crippen LogP contribution in [-0.4, -0.2) is 50.1 Å². The lowest BCUT2D eigenvalue weighted by Crippen LogP contribution is -2.41. The average molecular weight is 281 g/mol. The molecular formula is C16H31N3O. The standard InChI is InChI=1S/C16H31N3O/c1-19(15-8-3-2-4-9-15)12-6-11-18-16(20)14-7-5-10-17-13-14/h14-15,17H,2-13H2,1H3,(H,18,20). The van der Waals surface area contributed by atoms with Gasteiger partial charge >= 0.3 is 0 Å². The van der Waals surface area contributed by atoms with Gasteiger partial charge in [-0.25, -0.2) is 0 Å². The lowest BCUT2D eigenvalue weighted by molar-refractivity contribution is -0.125. The number of carbonyl (C=O) groups excluding carboxylic acids is 1. The van der Waals surface area contributed by atoms with E-state index in [-0.39, 0.29) is 11.8 Å². The van der Waals surface area contributed by atoms with Crippen molar-refractivity contribution in [3.63, 3.8) is 0 Å². The highest BCUT2D eigenvalue weighted by atomic mass is 16.1. The fourth-order valence-corrected chi connectivity index (χ4v) is 3.46. The van der Waals surface area contributed by atoms with Crippen LogP contribution in [0.15, 0.2) is 0 Å². The average Bonchev–Trinajstić information content (AvgIpc) is 2.53. The predicted octanol–water partition coefficient (Wildman–Crippen LogP) is 1.76. The first kappa shape index (κ1) is 15.8. The van der Waals surface area contributed by atoms with Crippen LogP contribution in [0, 0.1) is 5.92 Å². The summed E-state index contributed by atoms with van der Waals surface area (Å²) in [5.41, 5.74) is 0. The van der Waals surface area contributed by atoms with Crippen LogP contribution in [-0.2, 0) is 4.79 Å². The highest BCUT2D eigenvalue weighted by molar-refractivity contribution is 5.78.